The highest BCUT2D eigenvalue weighted by Gasteiger charge is 2.37. The van der Waals surface area contributed by atoms with E-state index in [-0.39, 0.29) is 27.1 Å². The number of Topliss-reactive ketones (excluding diaryl/α,β-unsaturated/α-hetero) is 1. The highest BCUT2D eigenvalue weighted by atomic mass is 19.2. The molecule has 0 saturated heterocycles. The van der Waals surface area contributed by atoms with Crippen LogP contribution in [0, 0.1) is 34.0 Å². The lowest BCUT2D eigenvalue weighted by Gasteiger charge is -2.03. The Balaban J connectivity index is 2.20. The van der Waals surface area contributed by atoms with Crippen LogP contribution in [0.3, 0.4) is 0 Å². The predicted octanol–water partition coefficient (Wildman–Crippen LogP) is 2.80. The number of nitriles is 1. The van der Waals surface area contributed by atoms with E-state index < -0.39 is 28.9 Å². The Kier molecular flexibility index (Phi) is 2.95. The quantitative estimate of drug-likeness (QED) is 0.462. The third-order valence-corrected chi connectivity index (χ3v) is 3.26. The van der Waals surface area contributed by atoms with E-state index in [1.807, 2.05) is 6.07 Å². The fraction of sp³-hybridized carbons (Fsp3) is 0. The molecule has 0 atom stereocenters. The number of carbonyl (C=O) groups excluding carboxylic acids is 1. The van der Waals surface area contributed by atoms with Crippen molar-refractivity contribution in [3.05, 3.63) is 69.7 Å². The molecule has 1 aliphatic rings. The zero-order valence-corrected chi connectivity index (χ0v) is 10.7. The summed E-state index contributed by atoms with van der Waals surface area (Å²) in [6.07, 6.45) is 0. The molecule has 0 saturated carbocycles. The lowest BCUT2D eigenvalue weighted by molar-refractivity contribution is -0.355. The molecule has 0 aliphatic carbocycles. The molecule has 0 N–H and O–H groups in total. The Labute approximate surface area is 121 Å². The second kappa shape index (κ2) is 4.70. The lowest BCUT2D eigenvalue weighted by atomic mass is 10.0. The van der Waals surface area contributed by atoms with Crippen LogP contribution < -0.4 is 0 Å². The van der Waals surface area contributed by atoms with Crippen LogP contribution in [0.1, 0.15) is 21.5 Å². The minimum absolute atomic E-state index is 0.0378. The molecule has 0 spiro atoms. The second-order valence-corrected chi connectivity index (χ2v) is 4.57. The van der Waals surface area contributed by atoms with Crippen LogP contribution in [0.4, 0.5) is 18.9 Å². The van der Waals surface area contributed by atoms with E-state index >= 15 is 0 Å². The first-order chi connectivity index (χ1) is 10.4. The zero-order valence-electron chi connectivity index (χ0n) is 10.7. The first-order valence-electron chi connectivity index (χ1n) is 6.02. The minimum Gasteiger partial charge on any atom is -0.618 e. The molecule has 108 valence electrons. The molecule has 22 heavy (non-hydrogen) atoms. The molecule has 0 aromatic heterocycles. The Hall–Kier alpha value is -3.14. The number of nitrogens with zero attached hydrogens (tertiary/aromatic N) is 2. The van der Waals surface area contributed by atoms with Crippen LogP contribution in [0.15, 0.2) is 30.3 Å². The molecule has 3 rings (SSSR count). The van der Waals surface area contributed by atoms with Crippen molar-refractivity contribution in [3.8, 4) is 6.07 Å². The van der Waals surface area contributed by atoms with Gasteiger partial charge in [-0.05, 0) is 24.3 Å². The zero-order chi connectivity index (χ0) is 16.0. The maximum atomic E-state index is 13.3. The number of fused-ring (bicyclic) bond motifs is 1. The molecule has 7 heteroatoms. The van der Waals surface area contributed by atoms with E-state index in [9.17, 15) is 23.2 Å². The first-order valence-corrected chi connectivity index (χ1v) is 6.02. The Morgan fingerprint density at radius 3 is 2.32 bits per heavy atom. The van der Waals surface area contributed by atoms with Crippen LogP contribution >= 0.6 is 0 Å². The first kappa shape index (κ1) is 13.8. The number of ketones is 1. The lowest BCUT2D eigenvalue weighted by Crippen LogP contribution is -2.17. The number of hydrogen-bond donors (Lipinski definition) is 0. The molecule has 2 aromatic rings. The smallest absolute Gasteiger partial charge is 0.273 e. The molecular formula is C15H5F3N2O2. The summed E-state index contributed by atoms with van der Waals surface area (Å²) in [5.74, 6) is -5.47. The van der Waals surface area contributed by atoms with Gasteiger partial charge < -0.3 is 5.21 Å². The molecule has 0 amide bonds. The third kappa shape index (κ3) is 1.85. The van der Waals surface area contributed by atoms with Gasteiger partial charge in [-0.3, -0.25) is 4.79 Å². The summed E-state index contributed by atoms with van der Waals surface area (Å²) in [7, 11) is 0. The van der Waals surface area contributed by atoms with Crippen molar-refractivity contribution in [3.63, 3.8) is 0 Å². The fourth-order valence-corrected chi connectivity index (χ4v) is 2.25. The van der Waals surface area contributed by atoms with Gasteiger partial charge in [0.15, 0.2) is 17.5 Å². The number of hydrogen-bond acceptors (Lipinski definition) is 3. The summed E-state index contributed by atoms with van der Waals surface area (Å²) >= 11 is 0. The van der Waals surface area contributed by atoms with Crippen molar-refractivity contribution >= 4 is 17.2 Å². The van der Waals surface area contributed by atoms with Crippen molar-refractivity contribution in [2.45, 2.75) is 0 Å². The Morgan fingerprint density at radius 1 is 1.09 bits per heavy atom. The second-order valence-electron chi connectivity index (χ2n) is 4.57. The van der Waals surface area contributed by atoms with E-state index in [2.05, 4.69) is 0 Å². The Bertz CT molecular complexity index is 890. The number of halogens is 3. The van der Waals surface area contributed by atoms with Gasteiger partial charge in [0, 0.05) is 6.07 Å². The molecule has 0 radical (unpaired) electrons. The van der Waals surface area contributed by atoms with E-state index in [0.29, 0.717) is 12.1 Å². The van der Waals surface area contributed by atoms with Gasteiger partial charge in [-0.25, -0.2) is 13.2 Å². The molecule has 2 aromatic carbocycles. The summed E-state index contributed by atoms with van der Waals surface area (Å²) in [6, 6.07) is 6.79. The van der Waals surface area contributed by atoms with Gasteiger partial charge in [-0.1, -0.05) is 0 Å². The summed E-state index contributed by atoms with van der Waals surface area (Å²) in [4.78, 5) is 12.3. The topological polar surface area (TPSA) is 66.9 Å². The number of carbonyl (C=O) groups is 1. The summed E-state index contributed by atoms with van der Waals surface area (Å²) < 4.78 is 39.8. The molecule has 1 heterocycles. The van der Waals surface area contributed by atoms with E-state index in [1.54, 1.807) is 0 Å². The highest BCUT2D eigenvalue weighted by Crippen LogP contribution is 2.29. The summed E-state index contributed by atoms with van der Waals surface area (Å²) in [5, 5.41) is 21.0. The van der Waals surface area contributed by atoms with Crippen molar-refractivity contribution in [2.75, 3.05) is 0 Å². The van der Waals surface area contributed by atoms with Crippen LogP contribution in [0.5, 0.6) is 0 Å². The summed E-state index contributed by atoms with van der Waals surface area (Å²) in [6.45, 7) is 0. The molecular weight excluding hydrogens is 297 g/mol. The SMILES string of the molecule is N#Cc1ccc2c(c1)C(=O)C(c1cc(F)c(F)c(F)c1)=[N+]2[O-]. The van der Waals surface area contributed by atoms with Crippen LogP contribution in [0.2, 0.25) is 0 Å². The summed E-state index contributed by atoms with van der Waals surface area (Å²) in [5.41, 5.74) is -0.814. The fourth-order valence-electron chi connectivity index (χ4n) is 2.25. The van der Waals surface area contributed by atoms with E-state index in [4.69, 9.17) is 5.26 Å². The van der Waals surface area contributed by atoms with Gasteiger partial charge in [0.1, 0.15) is 5.56 Å². The molecule has 1 aliphatic heterocycles. The maximum absolute atomic E-state index is 13.3. The van der Waals surface area contributed by atoms with Crippen molar-refractivity contribution in [1.29, 1.82) is 5.26 Å². The van der Waals surface area contributed by atoms with Gasteiger partial charge >= 0.3 is 0 Å². The average Bonchev–Trinajstić information content (AvgIpc) is 2.75. The van der Waals surface area contributed by atoms with Gasteiger partial charge in [0.2, 0.25) is 5.69 Å². The monoisotopic (exact) mass is 302 g/mol. The van der Waals surface area contributed by atoms with E-state index in [0.717, 1.165) is 0 Å². The van der Waals surface area contributed by atoms with Gasteiger partial charge in [-0.15, -0.1) is 0 Å². The predicted molar refractivity (Wildman–Crippen MR) is 69.2 cm³/mol. The van der Waals surface area contributed by atoms with Crippen molar-refractivity contribution in [1.82, 2.24) is 0 Å². The van der Waals surface area contributed by atoms with Crippen molar-refractivity contribution < 1.29 is 22.7 Å². The average molecular weight is 302 g/mol. The molecule has 0 unspecified atom stereocenters. The van der Waals surface area contributed by atoms with Crippen LogP contribution in [0.25, 0.3) is 0 Å². The minimum atomic E-state index is -1.68. The molecule has 4 nitrogen and oxygen atoms in total. The molecule has 0 fully saturated rings. The van der Waals surface area contributed by atoms with Crippen molar-refractivity contribution in [2.24, 2.45) is 0 Å². The largest absolute Gasteiger partial charge is 0.618 e. The Morgan fingerprint density at radius 2 is 1.73 bits per heavy atom. The standard InChI is InChI=1S/C15H5F3N2O2/c16-10-4-8(5-11(17)13(10)18)14-15(21)9-3-7(6-19)1-2-12(9)20(14)22/h1-5H. The van der Waals surface area contributed by atoms with Gasteiger partial charge in [0.05, 0.1) is 17.2 Å². The van der Waals surface area contributed by atoms with Gasteiger partial charge in [-0.2, -0.15) is 10.0 Å². The number of rotatable bonds is 1. The van der Waals surface area contributed by atoms with Crippen LogP contribution in [-0.2, 0) is 0 Å². The normalized spacial score (nSPS) is 13.3. The van der Waals surface area contributed by atoms with Crippen LogP contribution in [-0.4, -0.2) is 16.2 Å². The highest BCUT2D eigenvalue weighted by molar-refractivity contribution is 6.52. The van der Waals surface area contributed by atoms with E-state index in [1.165, 1.54) is 18.2 Å². The maximum Gasteiger partial charge on any atom is 0.273 e. The number of benzene rings is 2. The third-order valence-electron chi connectivity index (χ3n) is 3.26. The molecule has 0 bridgehead atoms. The van der Waals surface area contributed by atoms with Gasteiger partial charge in [0.25, 0.3) is 11.5 Å².